The van der Waals surface area contributed by atoms with Crippen molar-refractivity contribution in [1.29, 1.82) is 0 Å². The predicted molar refractivity (Wildman–Crippen MR) is 117 cm³/mol. The lowest BCUT2D eigenvalue weighted by Gasteiger charge is -2.38. The predicted octanol–water partition coefficient (Wildman–Crippen LogP) is 1.16. The van der Waals surface area contributed by atoms with Gasteiger partial charge >= 0.3 is 6.03 Å². The molecule has 0 aromatic carbocycles. The molecular formula is C21H28N6O3S. The second kappa shape index (κ2) is 7.82. The summed E-state index contributed by atoms with van der Waals surface area (Å²) < 4.78 is 30.9. The normalized spacial score (nSPS) is 20.3. The van der Waals surface area contributed by atoms with Gasteiger partial charge in [-0.1, -0.05) is 5.92 Å². The number of pyridine rings is 1. The van der Waals surface area contributed by atoms with E-state index in [2.05, 4.69) is 26.9 Å². The highest BCUT2D eigenvalue weighted by Crippen LogP contribution is 2.36. The molecule has 2 aromatic rings. The molecule has 0 radical (unpaired) electrons. The number of fused-ring (bicyclic) bond motifs is 1. The maximum absolute atomic E-state index is 13.2. The molecule has 0 spiro atoms. The third-order valence-electron chi connectivity index (χ3n) is 5.78. The molecule has 2 N–H and O–H groups in total. The van der Waals surface area contributed by atoms with Gasteiger partial charge in [0, 0.05) is 51.0 Å². The maximum atomic E-state index is 13.2. The summed E-state index contributed by atoms with van der Waals surface area (Å²) in [6, 6.07) is 1.16. The van der Waals surface area contributed by atoms with Gasteiger partial charge in [0.05, 0.1) is 17.1 Å². The van der Waals surface area contributed by atoms with Crippen molar-refractivity contribution in [2.45, 2.75) is 43.2 Å². The first-order valence-corrected chi connectivity index (χ1v) is 11.8. The Morgan fingerprint density at radius 3 is 2.77 bits per heavy atom. The van der Waals surface area contributed by atoms with Crippen LogP contribution in [0.5, 0.6) is 0 Å². The Hall–Kier alpha value is -2.61. The number of piperazine rings is 1. The zero-order valence-corrected chi connectivity index (χ0v) is 19.1. The van der Waals surface area contributed by atoms with Crippen LogP contribution in [0, 0.1) is 11.8 Å². The molecule has 1 saturated carbocycles. The molecule has 2 fully saturated rings. The van der Waals surface area contributed by atoms with E-state index in [1.165, 1.54) is 4.90 Å². The van der Waals surface area contributed by atoms with Gasteiger partial charge in [-0.25, -0.2) is 22.9 Å². The summed E-state index contributed by atoms with van der Waals surface area (Å²) in [5, 5.41) is 3.32. The number of sulfonamides is 1. The number of nitrogens with one attached hydrogen (secondary N) is 2. The van der Waals surface area contributed by atoms with E-state index < -0.39 is 15.6 Å². The Labute approximate surface area is 182 Å². The minimum absolute atomic E-state index is 0.123. The van der Waals surface area contributed by atoms with Crippen LogP contribution in [-0.4, -0.2) is 72.9 Å². The Morgan fingerprint density at radius 1 is 1.39 bits per heavy atom. The lowest BCUT2D eigenvalue weighted by atomic mass is 10.0. The molecule has 1 aliphatic carbocycles. The molecule has 1 saturated heterocycles. The first-order chi connectivity index (χ1) is 14.6. The van der Waals surface area contributed by atoms with Gasteiger partial charge in [-0.15, -0.1) is 0 Å². The average molecular weight is 445 g/mol. The molecule has 1 unspecified atom stereocenters. The first kappa shape index (κ1) is 21.6. The highest BCUT2D eigenvalue weighted by Gasteiger charge is 2.42. The van der Waals surface area contributed by atoms with Crippen molar-refractivity contribution in [3.8, 4) is 11.8 Å². The molecule has 1 atom stereocenters. The van der Waals surface area contributed by atoms with Gasteiger partial charge in [0.15, 0.2) is 0 Å². The highest BCUT2D eigenvalue weighted by atomic mass is 32.2. The standard InChI is InChI=1S/C21H28N6O3S/c1-5-6-15-12-23-19-17(18-13-22-9-10-26(18)20(28)25(3)4)11-16(14-27(15)19)31(29,30)24-21(2)7-8-21/h11-12,14,18,22,24H,7-10,13H2,1-4H3. The number of amides is 2. The third-order valence-corrected chi connectivity index (χ3v) is 7.39. The second-order valence-electron chi connectivity index (χ2n) is 8.60. The number of urea groups is 1. The van der Waals surface area contributed by atoms with Crippen LogP contribution in [-0.2, 0) is 10.0 Å². The van der Waals surface area contributed by atoms with Crippen molar-refractivity contribution < 1.29 is 13.2 Å². The number of hydrogen-bond acceptors (Lipinski definition) is 5. The summed E-state index contributed by atoms with van der Waals surface area (Å²) >= 11 is 0. The number of carbonyl (C=O) groups excluding carboxylic acids is 1. The van der Waals surface area contributed by atoms with E-state index >= 15 is 0 Å². The van der Waals surface area contributed by atoms with Crippen LogP contribution in [0.2, 0.25) is 0 Å². The minimum atomic E-state index is -3.75. The van der Waals surface area contributed by atoms with E-state index in [0.29, 0.717) is 36.5 Å². The van der Waals surface area contributed by atoms with Crippen LogP contribution in [0.25, 0.3) is 5.65 Å². The fraction of sp³-hybridized carbons (Fsp3) is 0.524. The molecule has 10 heteroatoms. The summed E-state index contributed by atoms with van der Waals surface area (Å²) in [6.07, 6.45) is 4.83. The number of nitrogens with zero attached hydrogens (tertiary/aromatic N) is 4. The van der Waals surface area contributed by atoms with E-state index in [0.717, 1.165) is 12.8 Å². The summed E-state index contributed by atoms with van der Waals surface area (Å²) in [6.45, 7) is 5.32. The fourth-order valence-electron chi connectivity index (χ4n) is 3.84. The Kier molecular flexibility index (Phi) is 5.45. The molecule has 3 heterocycles. The topological polar surface area (TPSA) is 99.1 Å². The van der Waals surface area contributed by atoms with Gasteiger partial charge < -0.3 is 15.1 Å². The van der Waals surface area contributed by atoms with Crippen LogP contribution in [0.15, 0.2) is 23.4 Å². The summed E-state index contributed by atoms with van der Waals surface area (Å²) in [7, 11) is -0.331. The second-order valence-corrected chi connectivity index (χ2v) is 10.3. The summed E-state index contributed by atoms with van der Waals surface area (Å²) in [4.78, 5) is 20.8. The number of imidazole rings is 1. The highest BCUT2D eigenvalue weighted by molar-refractivity contribution is 7.89. The largest absolute Gasteiger partial charge is 0.331 e. The number of aromatic nitrogens is 2. The van der Waals surface area contributed by atoms with Crippen molar-refractivity contribution in [3.05, 3.63) is 29.7 Å². The summed E-state index contributed by atoms with van der Waals surface area (Å²) in [5.74, 6) is 5.83. The van der Waals surface area contributed by atoms with E-state index in [1.807, 2.05) is 6.92 Å². The van der Waals surface area contributed by atoms with Crippen LogP contribution in [0.3, 0.4) is 0 Å². The van der Waals surface area contributed by atoms with Crippen molar-refractivity contribution in [2.24, 2.45) is 0 Å². The molecule has 2 aliphatic rings. The van der Waals surface area contributed by atoms with Crippen molar-refractivity contribution in [2.75, 3.05) is 33.7 Å². The number of carbonyl (C=O) groups is 1. The third kappa shape index (κ3) is 4.13. The van der Waals surface area contributed by atoms with Crippen molar-refractivity contribution in [1.82, 2.24) is 29.2 Å². The Bertz CT molecular complexity index is 1190. The lowest BCUT2D eigenvalue weighted by Crippen LogP contribution is -2.51. The molecule has 1 aliphatic heterocycles. The molecule has 0 bridgehead atoms. The molecule has 166 valence electrons. The van der Waals surface area contributed by atoms with Crippen LogP contribution >= 0.6 is 0 Å². The average Bonchev–Trinajstić information content (AvgIpc) is 3.30. The molecule has 2 amide bonds. The monoisotopic (exact) mass is 444 g/mol. The van der Waals surface area contributed by atoms with Gasteiger partial charge in [-0.3, -0.25) is 4.40 Å². The number of rotatable bonds is 4. The molecule has 4 rings (SSSR count). The Morgan fingerprint density at radius 2 is 2.13 bits per heavy atom. The van der Waals surface area contributed by atoms with Crippen molar-refractivity contribution in [3.63, 3.8) is 0 Å². The van der Waals surface area contributed by atoms with Gasteiger partial charge in [-0.2, -0.15) is 0 Å². The smallest absolute Gasteiger partial charge is 0.320 e. The Balaban J connectivity index is 1.88. The molecule has 9 nitrogen and oxygen atoms in total. The zero-order valence-electron chi connectivity index (χ0n) is 18.3. The molecule has 2 aromatic heterocycles. The SMILES string of the molecule is CC#Cc1cnc2c(C3CNCCN3C(=O)N(C)C)cc(S(=O)(=O)NC3(C)CC3)cn12. The van der Waals surface area contributed by atoms with Crippen LogP contribution < -0.4 is 10.0 Å². The quantitative estimate of drug-likeness (QED) is 0.690. The maximum Gasteiger partial charge on any atom is 0.320 e. The van der Waals surface area contributed by atoms with E-state index in [4.69, 9.17) is 0 Å². The van der Waals surface area contributed by atoms with E-state index in [-0.39, 0.29) is 17.0 Å². The fourth-order valence-corrected chi connectivity index (χ4v) is 5.34. The van der Waals surface area contributed by atoms with E-state index in [9.17, 15) is 13.2 Å². The zero-order chi connectivity index (χ0) is 22.4. The van der Waals surface area contributed by atoms with E-state index in [1.54, 1.807) is 48.8 Å². The lowest BCUT2D eigenvalue weighted by molar-refractivity contribution is 0.135. The van der Waals surface area contributed by atoms with Gasteiger partial charge in [0.1, 0.15) is 11.3 Å². The minimum Gasteiger partial charge on any atom is -0.331 e. The van der Waals surface area contributed by atoms with Gasteiger partial charge in [0.25, 0.3) is 0 Å². The van der Waals surface area contributed by atoms with Gasteiger partial charge in [-0.05, 0) is 38.7 Å². The van der Waals surface area contributed by atoms with Gasteiger partial charge in [0.2, 0.25) is 10.0 Å². The summed E-state index contributed by atoms with van der Waals surface area (Å²) in [5.41, 5.74) is 1.48. The number of hydrogen-bond donors (Lipinski definition) is 2. The molecular weight excluding hydrogens is 416 g/mol. The van der Waals surface area contributed by atoms with Crippen molar-refractivity contribution >= 4 is 21.7 Å². The molecule has 31 heavy (non-hydrogen) atoms. The first-order valence-electron chi connectivity index (χ1n) is 10.3. The van der Waals surface area contributed by atoms with Crippen LogP contribution in [0.1, 0.15) is 44.0 Å². The van der Waals surface area contributed by atoms with Crippen LogP contribution in [0.4, 0.5) is 4.79 Å².